The summed E-state index contributed by atoms with van der Waals surface area (Å²) in [6.07, 6.45) is 1.37. The van der Waals surface area contributed by atoms with Gasteiger partial charge in [0.2, 0.25) is 6.79 Å². The van der Waals surface area contributed by atoms with Crippen LogP contribution in [0.2, 0.25) is 0 Å². The van der Waals surface area contributed by atoms with Gasteiger partial charge in [0, 0.05) is 22.4 Å². The Kier molecular flexibility index (Phi) is 7.68. The van der Waals surface area contributed by atoms with E-state index < -0.39 is 11.9 Å². The molecular formula is C30H23N3O7. The summed E-state index contributed by atoms with van der Waals surface area (Å²) < 4.78 is 21.2. The molecule has 2 N–H and O–H groups in total. The Morgan fingerprint density at radius 3 is 2.40 bits per heavy atom. The lowest BCUT2D eigenvalue weighted by molar-refractivity contribution is 0.0733. The summed E-state index contributed by atoms with van der Waals surface area (Å²) in [5.41, 5.74) is 4.38. The summed E-state index contributed by atoms with van der Waals surface area (Å²) in [6, 6.07) is 24.6. The number of esters is 1. The molecule has 0 spiro atoms. The number of nitrogens with zero attached hydrogens (tertiary/aromatic N) is 1. The average molecular weight is 538 g/mol. The highest BCUT2D eigenvalue weighted by molar-refractivity contribution is 6.05. The summed E-state index contributed by atoms with van der Waals surface area (Å²) in [5, 5.41) is 6.77. The summed E-state index contributed by atoms with van der Waals surface area (Å²) in [6.45, 7) is 0.0987. The van der Waals surface area contributed by atoms with Crippen LogP contribution in [0, 0.1) is 0 Å². The number of para-hydroxylation sites is 1. The van der Waals surface area contributed by atoms with Gasteiger partial charge in [-0.2, -0.15) is 5.10 Å². The largest absolute Gasteiger partial charge is 0.497 e. The number of fused-ring (bicyclic) bond motifs is 1. The molecule has 200 valence electrons. The van der Waals surface area contributed by atoms with Crippen molar-refractivity contribution >= 4 is 29.7 Å². The van der Waals surface area contributed by atoms with Crippen LogP contribution in [0.3, 0.4) is 0 Å². The van der Waals surface area contributed by atoms with Gasteiger partial charge in [0.25, 0.3) is 11.8 Å². The van der Waals surface area contributed by atoms with Crippen LogP contribution in [0.4, 0.5) is 5.69 Å². The molecule has 0 saturated heterocycles. The highest BCUT2D eigenvalue weighted by Crippen LogP contribution is 2.33. The fourth-order valence-electron chi connectivity index (χ4n) is 3.77. The number of carbonyl (C=O) groups excluding carboxylic acids is 3. The van der Waals surface area contributed by atoms with Gasteiger partial charge in [0.15, 0.2) is 11.5 Å². The molecule has 1 heterocycles. The number of benzene rings is 4. The molecule has 40 heavy (non-hydrogen) atoms. The molecule has 0 bridgehead atoms. The smallest absolute Gasteiger partial charge is 0.343 e. The fourth-order valence-corrected chi connectivity index (χ4v) is 3.77. The fraction of sp³-hybridized carbons (Fsp3) is 0.0667. The molecular weight excluding hydrogens is 514 g/mol. The third-order valence-electron chi connectivity index (χ3n) is 5.83. The zero-order valence-electron chi connectivity index (χ0n) is 21.2. The highest BCUT2D eigenvalue weighted by atomic mass is 16.7. The minimum Gasteiger partial charge on any atom is -0.497 e. The molecule has 0 saturated carbocycles. The lowest BCUT2D eigenvalue weighted by atomic mass is 10.1. The standard InChI is InChI=1S/C30H23N3O7/c1-37-24-12-9-19(10-13-24)28(34)32-23-7-4-6-20(15-23)29(35)33-31-17-22-5-2-3-8-25(22)40-30(36)21-11-14-26-27(16-21)39-18-38-26/h2-17H,18H2,1H3,(H,32,34)(H,33,35). The van der Waals surface area contributed by atoms with E-state index in [1.165, 1.54) is 12.3 Å². The molecule has 4 aromatic rings. The Labute approximate surface area is 229 Å². The Morgan fingerprint density at radius 2 is 1.57 bits per heavy atom. The first-order valence-corrected chi connectivity index (χ1v) is 12.1. The van der Waals surface area contributed by atoms with Crippen molar-refractivity contribution in [3.05, 3.63) is 113 Å². The number of hydrogen-bond acceptors (Lipinski definition) is 8. The van der Waals surface area contributed by atoms with Crippen molar-refractivity contribution in [1.29, 1.82) is 0 Å². The molecule has 0 aliphatic carbocycles. The van der Waals surface area contributed by atoms with E-state index in [4.69, 9.17) is 18.9 Å². The van der Waals surface area contributed by atoms with Gasteiger partial charge < -0.3 is 24.3 Å². The van der Waals surface area contributed by atoms with Crippen molar-refractivity contribution < 1.29 is 33.3 Å². The van der Waals surface area contributed by atoms with E-state index in [-0.39, 0.29) is 24.0 Å². The first kappa shape index (κ1) is 26.0. The van der Waals surface area contributed by atoms with Crippen LogP contribution in [0.15, 0.2) is 96.1 Å². The van der Waals surface area contributed by atoms with Crippen LogP contribution in [-0.2, 0) is 0 Å². The van der Waals surface area contributed by atoms with Crippen molar-refractivity contribution in [2.45, 2.75) is 0 Å². The lowest BCUT2D eigenvalue weighted by Gasteiger charge is -2.08. The summed E-state index contributed by atoms with van der Waals surface area (Å²) in [5.74, 6) is 0.516. The van der Waals surface area contributed by atoms with Gasteiger partial charge in [0.05, 0.1) is 18.9 Å². The molecule has 1 aliphatic rings. The second-order valence-electron chi connectivity index (χ2n) is 8.46. The number of hydrogen-bond donors (Lipinski definition) is 2. The number of hydrazone groups is 1. The number of rotatable bonds is 8. The van der Waals surface area contributed by atoms with Gasteiger partial charge in [-0.15, -0.1) is 0 Å². The van der Waals surface area contributed by atoms with E-state index in [9.17, 15) is 14.4 Å². The van der Waals surface area contributed by atoms with Gasteiger partial charge in [-0.05, 0) is 72.8 Å². The Balaban J connectivity index is 1.21. The molecule has 1 aliphatic heterocycles. The summed E-state index contributed by atoms with van der Waals surface area (Å²) >= 11 is 0. The van der Waals surface area contributed by atoms with E-state index in [0.717, 1.165) is 0 Å². The molecule has 10 heteroatoms. The molecule has 0 radical (unpaired) electrons. The molecule has 5 rings (SSSR count). The zero-order chi connectivity index (χ0) is 27.9. The van der Waals surface area contributed by atoms with E-state index in [1.54, 1.807) is 92.0 Å². The lowest BCUT2D eigenvalue weighted by Crippen LogP contribution is -2.18. The first-order valence-electron chi connectivity index (χ1n) is 12.1. The van der Waals surface area contributed by atoms with Crippen LogP contribution in [0.5, 0.6) is 23.0 Å². The minimum atomic E-state index is -0.586. The molecule has 0 fully saturated rings. The maximum atomic E-state index is 12.7. The average Bonchev–Trinajstić information content (AvgIpc) is 3.46. The number of nitrogens with one attached hydrogen (secondary N) is 2. The quantitative estimate of drug-likeness (QED) is 0.145. The normalized spacial score (nSPS) is 11.6. The maximum Gasteiger partial charge on any atom is 0.343 e. The predicted molar refractivity (Wildman–Crippen MR) is 146 cm³/mol. The molecule has 4 aromatic carbocycles. The first-order chi connectivity index (χ1) is 19.5. The minimum absolute atomic E-state index is 0.0987. The molecule has 2 amide bonds. The monoisotopic (exact) mass is 537 g/mol. The van der Waals surface area contributed by atoms with Crippen LogP contribution in [0.1, 0.15) is 36.6 Å². The third-order valence-corrected chi connectivity index (χ3v) is 5.83. The van der Waals surface area contributed by atoms with E-state index in [0.29, 0.717) is 39.6 Å². The predicted octanol–water partition coefficient (Wildman–Crippen LogP) is 4.66. The second-order valence-corrected chi connectivity index (χ2v) is 8.46. The van der Waals surface area contributed by atoms with Gasteiger partial charge in [-0.25, -0.2) is 10.2 Å². The van der Waals surface area contributed by atoms with E-state index in [2.05, 4.69) is 15.8 Å². The Bertz CT molecular complexity index is 1600. The third kappa shape index (κ3) is 6.08. The SMILES string of the molecule is COc1ccc(C(=O)Nc2cccc(C(=O)NN=Cc3ccccc3OC(=O)c3ccc4c(c3)OCO4)c2)cc1. The topological polar surface area (TPSA) is 125 Å². The van der Waals surface area contributed by atoms with Crippen molar-refractivity contribution in [2.75, 3.05) is 19.2 Å². The highest BCUT2D eigenvalue weighted by Gasteiger charge is 2.18. The number of methoxy groups -OCH3 is 1. The molecule has 0 atom stereocenters. The zero-order valence-corrected chi connectivity index (χ0v) is 21.2. The van der Waals surface area contributed by atoms with Crippen molar-refractivity contribution in [2.24, 2.45) is 5.10 Å². The van der Waals surface area contributed by atoms with Crippen LogP contribution < -0.4 is 29.7 Å². The van der Waals surface area contributed by atoms with E-state index in [1.807, 2.05) is 0 Å². The van der Waals surface area contributed by atoms with Gasteiger partial charge in [-0.3, -0.25) is 9.59 Å². The summed E-state index contributed by atoms with van der Waals surface area (Å²) in [4.78, 5) is 37.9. The van der Waals surface area contributed by atoms with Gasteiger partial charge >= 0.3 is 5.97 Å². The van der Waals surface area contributed by atoms with Gasteiger partial charge in [-0.1, -0.05) is 18.2 Å². The Hall–Kier alpha value is -5.64. The molecule has 10 nitrogen and oxygen atoms in total. The number of anilines is 1. The maximum absolute atomic E-state index is 12.7. The second kappa shape index (κ2) is 11.8. The van der Waals surface area contributed by atoms with Crippen molar-refractivity contribution in [1.82, 2.24) is 5.43 Å². The Morgan fingerprint density at radius 1 is 0.800 bits per heavy atom. The van der Waals surface area contributed by atoms with Gasteiger partial charge in [0.1, 0.15) is 11.5 Å². The number of carbonyl (C=O) groups is 3. The molecule has 0 aromatic heterocycles. The van der Waals surface area contributed by atoms with E-state index >= 15 is 0 Å². The van der Waals surface area contributed by atoms with Crippen molar-refractivity contribution in [3.8, 4) is 23.0 Å². The summed E-state index contributed by atoms with van der Waals surface area (Å²) in [7, 11) is 1.55. The molecule has 0 unspecified atom stereocenters. The number of amides is 2. The van der Waals surface area contributed by atoms with Crippen LogP contribution in [-0.4, -0.2) is 37.9 Å². The number of ether oxygens (including phenoxy) is 4. The van der Waals surface area contributed by atoms with Crippen LogP contribution >= 0.6 is 0 Å². The van der Waals surface area contributed by atoms with Crippen LogP contribution in [0.25, 0.3) is 0 Å². The van der Waals surface area contributed by atoms with Crippen molar-refractivity contribution in [3.63, 3.8) is 0 Å².